The topological polar surface area (TPSA) is 55.4 Å². The summed E-state index contributed by atoms with van der Waals surface area (Å²) in [7, 11) is 0. The lowest BCUT2D eigenvalue weighted by molar-refractivity contribution is -0.363. The SMILES string of the molecule is CCOC1[C@@H](OCC)[C@@H](OCC)O[C@H](OCC)[C@H]1OCC. The summed E-state index contributed by atoms with van der Waals surface area (Å²) < 4.78 is 34.7. The predicted molar refractivity (Wildman–Crippen MR) is 78.2 cm³/mol. The lowest BCUT2D eigenvalue weighted by Gasteiger charge is -2.45. The molecule has 0 aliphatic carbocycles. The summed E-state index contributed by atoms with van der Waals surface area (Å²) in [6, 6.07) is 0. The molecule has 1 fully saturated rings. The smallest absolute Gasteiger partial charge is 0.189 e. The van der Waals surface area contributed by atoms with Crippen molar-refractivity contribution in [3.63, 3.8) is 0 Å². The van der Waals surface area contributed by atoms with Crippen molar-refractivity contribution in [2.75, 3.05) is 33.0 Å². The molecule has 126 valence electrons. The van der Waals surface area contributed by atoms with E-state index in [-0.39, 0.29) is 18.3 Å². The molecule has 6 nitrogen and oxygen atoms in total. The van der Waals surface area contributed by atoms with Crippen LogP contribution in [0.2, 0.25) is 0 Å². The minimum atomic E-state index is -0.514. The largest absolute Gasteiger partial charge is 0.373 e. The standard InChI is InChI=1S/C15H30O6/c1-6-16-11-12(17-7-2)14(19-9-4)21-15(20-10-5)13(11)18-8-3/h11-15H,6-10H2,1-5H3/t11?,12-,13+,14-,15-/m0/s1. The van der Waals surface area contributed by atoms with Crippen molar-refractivity contribution in [3.05, 3.63) is 0 Å². The number of hydrogen-bond acceptors (Lipinski definition) is 6. The molecular weight excluding hydrogens is 276 g/mol. The van der Waals surface area contributed by atoms with Gasteiger partial charge in [-0.3, -0.25) is 0 Å². The van der Waals surface area contributed by atoms with E-state index in [1.54, 1.807) is 0 Å². The molecule has 1 heterocycles. The van der Waals surface area contributed by atoms with Gasteiger partial charge >= 0.3 is 0 Å². The van der Waals surface area contributed by atoms with Gasteiger partial charge in [0.05, 0.1) is 0 Å². The van der Waals surface area contributed by atoms with Crippen molar-refractivity contribution in [1.29, 1.82) is 0 Å². The summed E-state index contributed by atoms with van der Waals surface area (Å²) >= 11 is 0. The molecule has 0 bridgehead atoms. The molecule has 1 aliphatic heterocycles. The summed E-state index contributed by atoms with van der Waals surface area (Å²) in [5, 5.41) is 0. The van der Waals surface area contributed by atoms with Crippen molar-refractivity contribution >= 4 is 0 Å². The fourth-order valence-electron chi connectivity index (χ4n) is 2.49. The van der Waals surface area contributed by atoms with Gasteiger partial charge in [-0.25, -0.2) is 0 Å². The second-order valence-electron chi connectivity index (χ2n) is 4.54. The van der Waals surface area contributed by atoms with E-state index in [2.05, 4.69) is 0 Å². The Labute approximate surface area is 128 Å². The summed E-state index contributed by atoms with van der Waals surface area (Å²) in [5.41, 5.74) is 0. The Kier molecular flexibility index (Phi) is 9.39. The lowest BCUT2D eigenvalue weighted by Crippen LogP contribution is -2.61. The Balaban J connectivity index is 2.95. The lowest BCUT2D eigenvalue weighted by atomic mass is 10.0. The van der Waals surface area contributed by atoms with Gasteiger partial charge in [-0.2, -0.15) is 0 Å². The van der Waals surface area contributed by atoms with Crippen molar-refractivity contribution < 1.29 is 28.4 Å². The summed E-state index contributed by atoms with van der Waals surface area (Å²) in [6.45, 7) is 12.4. The Morgan fingerprint density at radius 2 is 0.857 bits per heavy atom. The highest BCUT2D eigenvalue weighted by Crippen LogP contribution is 2.29. The van der Waals surface area contributed by atoms with Gasteiger partial charge in [-0.1, -0.05) is 0 Å². The van der Waals surface area contributed by atoms with Gasteiger partial charge in [-0.15, -0.1) is 0 Å². The zero-order valence-electron chi connectivity index (χ0n) is 13.9. The molecule has 0 amide bonds. The van der Waals surface area contributed by atoms with Crippen LogP contribution in [-0.4, -0.2) is 63.9 Å². The van der Waals surface area contributed by atoms with Gasteiger partial charge in [-0.05, 0) is 34.6 Å². The average molecular weight is 306 g/mol. The molecule has 0 radical (unpaired) electrons. The number of rotatable bonds is 10. The van der Waals surface area contributed by atoms with Crippen molar-refractivity contribution in [1.82, 2.24) is 0 Å². The highest BCUT2D eigenvalue weighted by atomic mass is 16.8. The minimum Gasteiger partial charge on any atom is -0.373 e. The summed E-state index contributed by atoms with van der Waals surface area (Å²) in [4.78, 5) is 0. The first-order valence-corrected chi connectivity index (χ1v) is 7.96. The third-order valence-corrected chi connectivity index (χ3v) is 3.19. The van der Waals surface area contributed by atoms with Crippen LogP contribution in [0.3, 0.4) is 0 Å². The average Bonchev–Trinajstić information content (AvgIpc) is 2.47. The van der Waals surface area contributed by atoms with Crippen LogP contribution in [-0.2, 0) is 28.4 Å². The summed E-state index contributed by atoms with van der Waals surface area (Å²) in [6.07, 6.45) is -1.97. The molecule has 0 spiro atoms. The molecule has 21 heavy (non-hydrogen) atoms. The van der Waals surface area contributed by atoms with Crippen LogP contribution >= 0.6 is 0 Å². The molecule has 1 rings (SSSR count). The third kappa shape index (κ3) is 5.16. The maximum Gasteiger partial charge on any atom is 0.189 e. The normalized spacial score (nSPS) is 33.3. The second-order valence-corrected chi connectivity index (χ2v) is 4.54. The fourth-order valence-corrected chi connectivity index (χ4v) is 2.49. The van der Waals surface area contributed by atoms with Crippen molar-refractivity contribution in [2.45, 2.75) is 65.5 Å². The van der Waals surface area contributed by atoms with E-state index in [9.17, 15) is 0 Å². The molecule has 1 saturated heterocycles. The van der Waals surface area contributed by atoms with Crippen LogP contribution in [0.5, 0.6) is 0 Å². The highest BCUT2D eigenvalue weighted by Gasteiger charge is 2.48. The van der Waals surface area contributed by atoms with Crippen LogP contribution < -0.4 is 0 Å². The van der Waals surface area contributed by atoms with E-state index in [4.69, 9.17) is 28.4 Å². The van der Waals surface area contributed by atoms with E-state index < -0.39 is 12.6 Å². The van der Waals surface area contributed by atoms with E-state index in [1.165, 1.54) is 0 Å². The van der Waals surface area contributed by atoms with Crippen LogP contribution in [0.4, 0.5) is 0 Å². The zero-order valence-corrected chi connectivity index (χ0v) is 13.9. The summed E-state index contributed by atoms with van der Waals surface area (Å²) in [5.74, 6) is 0. The first-order chi connectivity index (χ1) is 10.2. The maximum absolute atomic E-state index is 5.90. The zero-order chi connectivity index (χ0) is 15.7. The first-order valence-electron chi connectivity index (χ1n) is 7.96. The monoisotopic (exact) mass is 306 g/mol. The molecule has 0 aromatic heterocycles. The quantitative estimate of drug-likeness (QED) is 0.615. The third-order valence-electron chi connectivity index (χ3n) is 3.19. The van der Waals surface area contributed by atoms with Crippen LogP contribution in [0, 0.1) is 0 Å². The molecule has 0 saturated carbocycles. The number of hydrogen-bond donors (Lipinski definition) is 0. The van der Waals surface area contributed by atoms with Gasteiger partial charge in [0.15, 0.2) is 12.6 Å². The Bertz CT molecular complexity index is 241. The van der Waals surface area contributed by atoms with Gasteiger partial charge in [0, 0.05) is 33.0 Å². The van der Waals surface area contributed by atoms with E-state index in [1.807, 2.05) is 34.6 Å². The van der Waals surface area contributed by atoms with Crippen LogP contribution in [0.1, 0.15) is 34.6 Å². The first kappa shape index (κ1) is 18.8. The predicted octanol–water partition coefficient (Wildman–Crippen LogP) is 1.96. The van der Waals surface area contributed by atoms with E-state index in [0.717, 1.165) is 0 Å². The molecular formula is C15H30O6. The number of ether oxygens (including phenoxy) is 6. The highest BCUT2D eigenvalue weighted by molar-refractivity contribution is 4.89. The van der Waals surface area contributed by atoms with Gasteiger partial charge < -0.3 is 28.4 Å². The molecule has 0 aromatic rings. The van der Waals surface area contributed by atoms with Gasteiger partial charge in [0.25, 0.3) is 0 Å². The molecule has 1 aliphatic rings. The molecule has 5 atom stereocenters. The Hall–Kier alpha value is -0.240. The van der Waals surface area contributed by atoms with Crippen molar-refractivity contribution in [2.24, 2.45) is 0 Å². The second kappa shape index (κ2) is 10.5. The molecule has 6 heteroatoms. The van der Waals surface area contributed by atoms with Crippen LogP contribution in [0.25, 0.3) is 0 Å². The van der Waals surface area contributed by atoms with E-state index in [0.29, 0.717) is 33.0 Å². The van der Waals surface area contributed by atoms with Crippen LogP contribution in [0.15, 0.2) is 0 Å². The minimum absolute atomic E-state index is 0.281. The van der Waals surface area contributed by atoms with Gasteiger partial charge in [0.1, 0.15) is 18.3 Å². The van der Waals surface area contributed by atoms with Crippen molar-refractivity contribution in [3.8, 4) is 0 Å². The molecule has 0 N–H and O–H groups in total. The Morgan fingerprint density at radius 3 is 1.19 bits per heavy atom. The molecule has 0 aromatic carbocycles. The van der Waals surface area contributed by atoms with Gasteiger partial charge in [0.2, 0.25) is 0 Å². The Morgan fingerprint density at radius 1 is 0.524 bits per heavy atom. The molecule has 1 unspecified atom stereocenters. The fraction of sp³-hybridized carbons (Fsp3) is 1.00. The van der Waals surface area contributed by atoms with E-state index >= 15 is 0 Å². The maximum atomic E-state index is 5.90.